The molecule has 2 N–H and O–H groups in total. The second kappa shape index (κ2) is 7.73. The van der Waals surface area contributed by atoms with E-state index in [0.717, 1.165) is 35.1 Å². The van der Waals surface area contributed by atoms with Gasteiger partial charge >= 0.3 is 0 Å². The fourth-order valence-corrected chi connectivity index (χ4v) is 2.52. The molecule has 0 fully saturated rings. The average molecular weight is 325 g/mol. The monoisotopic (exact) mass is 325 g/mol. The standard InChI is InChI=1S/C19H23N3O2/c1-14-11-20-19(22-14)21-12-16-8-9-17(18(10-16)23-2)24-13-15-6-4-3-5-7-15/h3-10,14H,11-13H2,1-2H3,(H2,20,21,22). The summed E-state index contributed by atoms with van der Waals surface area (Å²) in [6.07, 6.45) is 0. The third-order valence-electron chi connectivity index (χ3n) is 3.83. The van der Waals surface area contributed by atoms with Crippen LogP contribution in [-0.2, 0) is 13.2 Å². The van der Waals surface area contributed by atoms with Crippen molar-refractivity contribution in [3.8, 4) is 11.5 Å². The Balaban J connectivity index is 1.60. The number of ether oxygens (including phenoxy) is 2. The molecule has 0 aromatic heterocycles. The molecular weight excluding hydrogens is 302 g/mol. The van der Waals surface area contributed by atoms with E-state index in [1.54, 1.807) is 7.11 Å². The van der Waals surface area contributed by atoms with Crippen molar-refractivity contribution in [1.82, 2.24) is 10.6 Å². The molecular formula is C19H23N3O2. The molecule has 24 heavy (non-hydrogen) atoms. The lowest BCUT2D eigenvalue weighted by Crippen LogP contribution is -2.37. The lowest BCUT2D eigenvalue weighted by molar-refractivity contribution is 0.284. The van der Waals surface area contributed by atoms with E-state index in [9.17, 15) is 0 Å². The van der Waals surface area contributed by atoms with Gasteiger partial charge in [0, 0.05) is 12.6 Å². The molecule has 0 aliphatic carbocycles. The van der Waals surface area contributed by atoms with Crippen LogP contribution in [0.15, 0.2) is 53.5 Å². The van der Waals surface area contributed by atoms with Crippen molar-refractivity contribution >= 4 is 5.96 Å². The Morgan fingerprint density at radius 3 is 2.67 bits per heavy atom. The molecule has 5 nitrogen and oxygen atoms in total. The van der Waals surface area contributed by atoms with Crippen molar-refractivity contribution in [2.24, 2.45) is 4.99 Å². The molecule has 1 heterocycles. The zero-order valence-corrected chi connectivity index (χ0v) is 14.1. The predicted molar refractivity (Wildman–Crippen MR) is 95.5 cm³/mol. The van der Waals surface area contributed by atoms with Crippen LogP contribution in [0.5, 0.6) is 11.5 Å². The summed E-state index contributed by atoms with van der Waals surface area (Å²) in [4.78, 5) is 4.39. The van der Waals surface area contributed by atoms with Crippen LogP contribution in [0.2, 0.25) is 0 Å². The summed E-state index contributed by atoms with van der Waals surface area (Å²) in [5.74, 6) is 2.33. The van der Waals surface area contributed by atoms with E-state index in [1.807, 2.05) is 48.5 Å². The zero-order chi connectivity index (χ0) is 16.8. The van der Waals surface area contributed by atoms with Crippen LogP contribution in [0.1, 0.15) is 18.1 Å². The highest BCUT2D eigenvalue weighted by Gasteiger charge is 2.12. The van der Waals surface area contributed by atoms with Gasteiger partial charge in [-0.3, -0.25) is 4.99 Å². The first-order valence-corrected chi connectivity index (χ1v) is 8.13. The molecule has 5 heteroatoms. The number of guanidine groups is 1. The Morgan fingerprint density at radius 1 is 1.12 bits per heavy atom. The summed E-state index contributed by atoms with van der Waals surface area (Å²) >= 11 is 0. The van der Waals surface area contributed by atoms with Gasteiger partial charge in [-0.1, -0.05) is 36.4 Å². The number of rotatable bonds is 6. The maximum Gasteiger partial charge on any atom is 0.191 e. The first kappa shape index (κ1) is 16.2. The van der Waals surface area contributed by atoms with Crippen molar-refractivity contribution in [3.05, 3.63) is 59.7 Å². The summed E-state index contributed by atoms with van der Waals surface area (Å²) in [7, 11) is 1.66. The van der Waals surface area contributed by atoms with Crippen LogP contribution in [0.25, 0.3) is 0 Å². The van der Waals surface area contributed by atoms with Gasteiger partial charge in [0.25, 0.3) is 0 Å². The highest BCUT2D eigenvalue weighted by Crippen LogP contribution is 2.28. The zero-order valence-electron chi connectivity index (χ0n) is 14.1. The Morgan fingerprint density at radius 2 is 1.96 bits per heavy atom. The number of aliphatic imine (C=N–C) groups is 1. The first-order valence-electron chi connectivity index (χ1n) is 8.13. The summed E-state index contributed by atoms with van der Waals surface area (Å²) in [5.41, 5.74) is 2.24. The van der Waals surface area contributed by atoms with Crippen molar-refractivity contribution < 1.29 is 9.47 Å². The van der Waals surface area contributed by atoms with Crippen LogP contribution in [0.3, 0.4) is 0 Å². The van der Waals surface area contributed by atoms with Gasteiger partial charge in [0.1, 0.15) is 6.61 Å². The lowest BCUT2D eigenvalue weighted by atomic mass is 10.2. The fraction of sp³-hybridized carbons (Fsp3) is 0.316. The van der Waals surface area contributed by atoms with Crippen molar-refractivity contribution in [3.63, 3.8) is 0 Å². The quantitative estimate of drug-likeness (QED) is 0.857. The maximum absolute atomic E-state index is 5.88. The molecule has 126 valence electrons. The molecule has 0 amide bonds. The molecule has 0 saturated heterocycles. The van der Waals surface area contributed by atoms with Gasteiger partial charge in [-0.15, -0.1) is 0 Å². The average Bonchev–Trinajstić information content (AvgIpc) is 3.04. The van der Waals surface area contributed by atoms with Gasteiger partial charge in [-0.05, 0) is 30.2 Å². The molecule has 1 unspecified atom stereocenters. The van der Waals surface area contributed by atoms with Gasteiger partial charge in [0.15, 0.2) is 17.5 Å². The molecule has 0 bridgehead atoms. The predicted octanol–water partition coefficient (Wildman–Crippen LogP) is 2.71. The fourth-order valence-electron chi connectivity index (χ4n) is 2.52. The van der Waals surface area contributed by atoms with Crippen LogP contribution < -0.4 is 20.1 Å². The molecule has 3 rings (SSSR count). The van der Waals surface area contributed by atoms with Gasteiger partial charge < -0.3 is 20.1 Å². The maximum atomic E-state index is 5.88. The molecule has 2 aromatic carbocycles. The van der Waals surface area contributed by atoms with E-state index in [2.05, 4.69) is 22.5 Å². The van der Waals surface area contributed by atoms with Crippen LogP contribution in [-0.4, -0.2) is 25.7 Å². The second-order valence-electron chi connectivity index (χ2n) is 5.85. The third kappa shape index (κ3) is 4.19. The summed E-state index contributed by atoms with van der Waals surface area (Å²) in [6.45, 7) is 4.14. The summed E-state index contributed by atoms with van der Waals surface area (Å²) in [6, 6.07) is 16.5. The Labute approximate surface area is 142 Å². The van der Waals surface area contributed by atoms with Crippen LogP contribution >= 0.6 is 0 Å². The Kier molecular flexibility index (Phi) is 5.21. The molecule has 0 spiro atoms. The minimum atomic E-state index is 0.399. The van der Waals surface area contributed by atoms with Gasteiger partial charge in [0.2, 0.25) is 0 Å². The van der Waals surface area contributed by atoms with E-state index >= 15 is 0 Å². The minimum Gasteiger partial charge on any atom is -0.493 e. The van der Waals surface area contributed by atoms with E-state index in [4.69, 9.17) is 9.47 Å². The molecule has 1 atom stereocenters. The number of hydrogen-bond acceptors (Lipinski definition) is 5. The summed E-state index contributed by atoms with van der Waals surface area (Å²) in [5, 5.41) is 6.58. The second-order valence-corrected chi connectivity index (χ2v) is 5.85. The van der Waals surface area contributed by atoms with Gasteiger partial charge in [-0.25, -0.2) is 0 Å². The lowest BCUT2D eigenvalue weighted by Gasteiger charge is -2.13. The third-order valence-corrected chi connectivity index (χ3v) is 3.83. The van der Waals surface area contributed by atoms with Crippen LogP contribution in [0, 0.1) is 0 Å². The topological polar surface area (TPSA) is 54.9 Å². The smallest absolute Gasteiger partial charge is 0.191 e. The highest BCUT2D eigenvalue weighted by atomic mass is 16.5. The van der Waals surface area contributed by atoms with E-state index in [1.165, 1.54) is 0 Å². The van der Waals surface area contributed by atoms with Gasteiger partial charge in [0.05, 0.1) is 13.7 Å². The first-order chi connectivity index (χ1) is 11.7. The van der Waals surface area contributed by atoms with Crippen molar-refractivity contribution in [2.45, 2.75) is 26.1 Å². The number of benzene rings is 2. The van der Waals surface area contributed by atoms with Crippen molar-refractivity contribution in [1.29, 1.82) is 0 Å². The summed E-state index contributed by atoms with van der Waals surface area (Å²) < 4.78 is 11.3. The number of nitrogens with one attached hydrogen (secondary N) is 2. The SMILES string of the molecule is COc1cc(CNC2=NCC(C)N2)ccc1OCc1ccccc1. The van der Waals surface area contributed by atoms with Crippen molar-refractivity contribution in [2.75, 3.05) is 13.7 Å². The van der Waals surface area contributed by atoms with Gasteiger partial charge in [-0.2, -0.15) is 0 Å². The largest absolute Gasteiger partial charge is 0.493 e. The van der Waals surface area contributed by atoms with E-state index < -0.39 is 0 Å². The molecule has 2 aromatic rings. The Hall–Kier alpha value is -2.69. The normalized spacial score (nSPS) is 16.2. The molecule has 1 aliphatic rings. The van der Waals surface area contributed by atoms with E-state index in [-0.39, 0.29) is 0 Å². The molecule has 0 radical (unpaired) electrons. The number of nitrogens with zero attached hydrogens (tertiary/aromatic N) is 1. The minimum absolute atomic E-state index is 0.399. The van der Waals surface area contributed by atoms with E-state index in [0.29, 0.717) is 19.2 Å². The molecule has 1 aliphatic heterocycles. The molecule has 0 saturated carbocycles. The van der Waals surface area contributed by atoms with Crippen LogP contribution in [0.4, 0.5) is 0 Å². The number of methoxy groups -OCH3 is 1. The Bertz CT molecular complexity index is 701. The highest BCUT2D eigenvalue weighted by molar-refractivity contribution is 5.81. The number of hydrogen-bond donors (Lipinski definition) is 2.